The van der Waals surface area contributed by atoms with Crippen LogP contribution in [-0.4, -0.2) is 25.3 Å². The minimum atomic E-state index is -0.422. The molecule has 0 N–H and O–H groups in total. The molecule has 1 unspecified atom stereocenters. The van der Waals surface area contributed by atoms with E-state index in [1.54, 1.807) is 6.92 Å². The maximum atomic E-state index is 11.8. The summed E-state index contributed by atoms with van der Waals surface area (Å²) in [4.78, 5) is 11.8. The zero-order valence-corrected chi connectivity index (χ0v) is 17.3. The van der Waals surface area contributed by atoms with Gasteiger partial charge in [-0.15, -0.1) is 0 Å². The van der Waals surface area contributed by atoms with Gasteiger partial charge >= 0.3 is 5.97 Å². The van der Waals surface area contributed by atoms with Gasteiger partial charge in [0.2, 0.25) is 0 Å². The van der Waals surface area contributed by atoms with Crippen molar-refractivity contribution >= 4 is 5.97 Å². The van der Waals surface area contributed by atoms with Gasteiger partial charge in [0, 0.05) is 6.61 Å². The summed E-state index contributed by atoms with van der Waals surface area (Å²) in [5, 5.41) is 0. The van der Waals surface area contributed by atoms with E-state index in [1.165, 1.54) is 77.0 Å². The molecule has 0 bridgehead atoms. The summed E-state index contributed by atoms with van der Waals surface area (Å²) < 4.78 is 10.9. The fourth-order valence-corrected chi connectivity index (χ4v) is 2.91. The van der Waals surface area contributed by atoms with Gasteiger partial charge in [0.05, 0.1) is 6.61 Å². The minimum Gasteiger partial charge on any atom is -0.464 e. The minimum absolute atomic E-state index is 0.203. The Morgan fingerprint density at radius 3 is 1.52 bits per heavy atom. The van der Waals surface area contributed by atoms with Crippen molar-refractivity contribution in [3.05, 3.63) is 0 Å². The Kier molecular flexibility index (Phi) is 19.3. The Hall–Kier alpha value is -0.570. The normalized spacial score (nSPS) is 12.3. The summed E-state index contributed by atoms with van der Waals surface area (Å²) in [7, 11) is 0. The lowest BCUT2D eigenvalue weighted by atomic mass is 10.1. The highest BCUT2D eigenvalue weighted by Gasteiger charge is 2.14. The number of hydrogen-bond donors (Lipinski definition) is 0. The maximum absolute atomic E-state index is 11.8. The molecule has 0 spiro atoms. The third-order valence-electron chi connectivity index (χ3n) is 4.69. The molecule has 0 aromatic carbocycles. The van der Waals surface area contributed by atoms with Crippen LogP contribution in [-0.2, 0) is 14.3 Å². The Balaban J connectivity index is 3.33. The smallest absolute Gasteiger partial charge is 0.334 e. The number of unbranched alkanes of at least 4 members (excludes halogenated alkanes) is 13. The molecule has 0 aliphatic carbocycles. The van der Waals surface area contributed by atoms with Crippen LogP contribution in [0.1, 0.15) is 117 Å². The number of hydrogen-bond acceptors (Lipinski definition) is 3. The van der Waals surface area contributed by atoms with Crippen molar-refractivity contribution in [2.45, 2.75) is 123 Å². The standard InChI is InChI=1S/C22H44O3/c1-4-6-8-10-12-14-16-18-20-25-22(23)21(3)24-19-17-15-13-11-9-7-5-2/h21H,4-20H2,1-3H3. The number of rotatable bonds is 19. The predicted octanol–water partition coefficient (Wildman–Crippen LogP) is 6.83. The maximum Gasteiger partial charge on any atom is 0.334 e. The van der Waals surface area contributed by atoms with Crippen molar-refractivity contribution in [2.75, 3.05) is 13.2 Å². The van der Waals surface area contributed by atoms with Crippen molar-refractivity contribution in [3.63, 3.8) is 0 Å². The summed E-state index contributed by atoms with van der Waals surface area (Å²) >= 11 is 0. The Morgan fingerprint density at radius 1 is 0.640 bits per heavy atom. The second kappa shape index (κ2) is 19.8. The molecule has 1 atom stereocenters. The zero-order valence-electron chi connectivity index (χ0n) is 17.3. The van der Waals surface area contributed by atoms with Crippen LogP contribution in [0.2, 0.25) is 0 Å². The van der Waals surface area contributed by atoms with Crippen LogP contribution < -0.4 is 0 Å². The molecule has 0 aliphatic heterocycles. The second-order valence-corrected chi connectivity index (χ2v) is 7.28. The first-order valence-electron chi connectivity index (χ1n) is 11.0. The number of esters is 1. The Morgan fingerprint density at radius 2 is 1.04 bits per heavy atom. The van der Waals surface area contributed by atoms with Crippen LogP contribution in [0.25, 0.3) is 0 Å². The van der Waals surface area contributed by atoms with Crippen LogP contribution in [0.4, 0.5) is 0 Å². The highest BCUT2D eigenvalue weighted by atomic mass is 16.6. The summed E-state index contributed by atoms with van der Waals surface area (Å²) in [6.45, 7) is 7.49. The molecule has 0 fully saturated rings. The lowest BCUT2D eigenvalue weighted by Crippen LogP contribution is -2.24. The van der Waals surface area contributed by atoms with Gasteiger partial charge in [-0.1, -0.05) is 97.3 Å². The number of ether oxygens (including phenoxy) is 2. The fraction of sp³-hybridized carbons (Fsp3) is 0.955. The Bertz CT molecular complexity index is 278. The molecule has 150 valence electrons. The highest BCUT2D eigenvalue weighted by Crippen LogP contribution is 2.09. The van der Waals surface area contributed by atoms with Gasteiger partial charge in [0.15, 0.2) is 6.10 Å². The molecule has 0 radical (unpaired) electrons. The van der Waals surface area contributed by atoms with Crippen molar-refractivity contribution in [2.24, 2.45) is 0 Å². The fourth-order valence-electron chi connectivity index (χ4n) is 2.91. The van der Waals surface area contributed by atoms with E-state index in [0.717, 1.165) is 19.3 Å². The van der Waals surface area contributed by atoms with Crippen LogP contribution in [0.15, 0.2) is 0 Å². The van der Waals surface area contributed by atoms with E-state index >= 15 is 0 Å². The van der Waals surface area contributed by atoms with Crippen LogP contribution in [0.3, 0.4) is 0 Å². The molecule has 0 aliphatic rings. The molecule has 0 saturated heterocycles. The molecule has 3 heteroatoms. The molecular formula is C22H44O3. The van der Waals surface area contributed by atoms with E-state index in [1.807, 2.05) is 0 Å². The highest BCUT2D eigenvalue weighted by molar-refractivity contribution is 5.74. The summed E-state index contributed by atoms with van der Waals surface area (Å²) in [5.74, 6) is -0.203. The van der Waals surface area contributed by atoms with E-state index in [4.69, 9.17) is 9.47 Å². The molecule has 0 heterocycles. The lowest BCUT2D eigenvalue weighted by molar-refractivity contribution is -0.156. The molecule has 0 aromatic heterocycles. The summed E-state index contributed by atoms with van der Waals surface area (Å²) in [5.41, 5.74) is 0. The van der Waals surface area contributed by atoms with Gasteiger partial charge in [-0.2, -0.15) is 0 Å². The van der Waals surface area contributed by atoms with Gasteiger partial charge in [0.1, 0.15) is 0 Å². The SMILES string of the molecule is CCCCCCCCCCOC(=O)C(C)OCCCCCCCCC. The van der Waals surface area contributed by atoms with Gasteiger partial charge in [-0.25, -0.2) is 4.79 Å². The van der Waals surface area contributed by atoms with Crippen molar-refractivity contribution in [3.8, 4) is 0 Å². The monoisotopic (exact) mass is 356 g/mol. The molecule has 0 saturated carbocycles. The summed E-state index contributed by atoms with van der Waals surface area (Å²) in [6, 6.07) is 0. The molecule has 0 aromatic rings. The third-order valence-corrected chi connectivity index (χ3v) is 4.69. The Labute approximate surface area is 157 Å². The van der Waals surface area contributed by atoms with Gasteiger partial charge in [-0.3, -0.25) is 0 Å². The molecule has 3 nitrogen and oxygen atoms in total. The van der Waals surface area contributed by atoms with E-state index in [9.17, 15) is 4.79 Å². The average molecular weight is 357 g/mol. The molecule has 0 amide bonds. The number of carbonyl (C=O) groups is 1. The van der Waals surface area contributed by atoms with Crippen molar-refractivity contribution in [1.82, 2.24) is 0 Å². The van der Waals surface area contributed by atoms with E-state index in [2.05, 4.69) is 13.8 Å². The van der Waals surface area contributed by atoms with Crippen LogP contribution in [0.5, 0.6) is 0 Å². The van der Waals surface area contributed by atoms with Crippen molar-refractivity contribution < 1.29 is 14.3 Å². The largest absolute Gasteiger partial charge is 0.464 e. The topological polar surface area (TPSA) is 35.5 Å². The van der Waals surface area contributed by atoms with Gasteiger partial charge in [0.25, 0.3) is 0 Å². The first-order valence-corrected chi connectivity index (χ1v) is 11.0. The quantitative estimate of drug-likeness (QED) is 0.188. The van der Waals surface area contributed by atoms with E-state index in [0.29, 0.717) is 13.2 Å². The van der Waals surface area contributed by atoms with E-state index in [-0.39, 0.29) is 5.97 Å². The predicted molar refractivity (Wildman–Crippen MR) is 107 cm³/mol. The zero-order chi connectivity index (χ0) is 18.6. The molecule has 25 heavy (non-hydrogen) atoms. The summed E-state index contributed by atoms with van der Waals surface area (Å²) in [6.07, 6.45) is 18.5. The van der Waals surface area contributed by atoms with Crippen molar-refractivity contribution in [1.29, 1.82) is 0 Å². The first kappa shape index (κ1) is 24.4. The van der Waals surface area contributed by atoms with Gasteiger partial charge in [-0.05, 0) is 19.8 Å². The lowest BCUT2D eigenvalue weighted by Gasteiger charge is -2.12. The second-order valence-electron chi connectivity index (χ2n) is 7.28. The van der Waals surface area contributed by atoms with E-state index < -0.39 is 6.10 Å². The average Bonchev–Trinajstić information content (AvgIpc) is 2.62. The van der Waals surface area contributed by atoms with Crippen LogP contribution >= 0.6 is 0 Å². The molecule has 0 rings (SSSR count). The third kappa shape index (κ3) is 18.0. The molecular weight excluding hydrogens is 312 g/mol. The van der Waals surface area contributed by atoms with Gasteiger partial charge < -0.3 is 9.47 Å². The first-order chi connectivity index (χ1) is 12.2. The number of carbonyl (C=O) groups excluding carboxylic acids is 1. The van der Waals surface area contributed by atoms with Crippen LogP contribution in [0, 0.1) is 0 Å².